The lowest BCUT2D eigenvalue weighted by atomic mass is 10.1. The molecule has 3 rings (SSSR count). The number of hydrogen-bond acceptors (Lipinski definition) is 3. The Morgan fingerprint density at radius 1 is 0.739 bits per heavy atom. The Morgan fingerprint density at radius 2 is 1.35 bits per heavy atom. The molecule has 2 heterocycles. The Hall–Kier alpha value is -2.94. The molecule has 0 fully saturated rings. The second-order valence-electron chi connectivity index (χ2n) is 5.30. The smallest absolute Gasteiger partial charge is 0.118 e. The van der Waals surface area contributed by atoms with E-state index in [4.69, 9.17) is 4.74 Å². The van der Waals surface area contributed by atoms with Gasteiger partial charge in [-0.3, -0.25) is 9.97 Å². The fraction of sp³-hybridized carbons (Fsp3) is 0.100. The Morgan fingerprint density at radius 3 is 1.91 bits per heavy atom. The molecular formula is C20H18N2O. The summed E-state index contributed by atoms with van der Waals surface area (Å²) < 4.78 is 5.15. The van der Waals surface area contributed by atoms with Gasteiger partial charge in [0.2, 0.25) is 0 Å². The molecule has 23 heavy (non-hydrogen) atoms. The topological polar surface area (TPSA) is 35.0 Å². The van der Waals surface area contributed by atoms with Gasteiger partial charge in [0, 0.05) is 12.4 Å². The molecular weight excluding hydrogens is 284 g/mol. The van der Waals surface area contributed by atoms with Gasteiger partial charge in [-0.2, -0.15) is 0 Å². The fourth-order valence-electron chi connectivity index (χ4n) is 2.18. The van der Waals surface area contributed by atoms with Crippen LogP contribution in [0.15, 0.2) is 60.9 Å². The van der Waals surface area contributed by atoms with Crippen molar-refractivity contribution in [2.45, 2.75) is 6.92 Å². The van der Waals surface area contributed by atoms with Crippen LogP contribution >= 0.6 is 0 Å². The van der Waals surface area contributed by atoms with Gasteiger partial charge in [0.05, 0.1) is 18.5 Å². The first-order chi connectivity index (χ1) is 11.2. The molecule has 3 heteroatoms. The molecule has 0 saturated heterocycles. The summed E-state index contributed by atoms with van der Waals surface area (Å²) >= 11 is 0. The molecule has 0 N–H and O–H groups in total. The highest BCUT2D eigenvalue weighted by Gasteiger charge is 2.00. The second-order valence-corrected chi connectivity index (χ2v) is 5.30. The van der Waals surface area contributed by atoms with E-state index in [1.54, 1.807) is 7.11 Å². The highest BCUT2D eigenvalue weighted by molar-refractivity contribution is 5.70. The fourth-order valence-corrected chi connectivity index (χ4v) is 2.18. The quantitative estimate of drug-likeness (QED) is 0.704. The zero-order chi connectivity index (χ0) is 16.1. The van der Waals surface area contributed by atoms with Gasteiger partial charge in [-0.05, 0) is 47.9 Å². The van der Waals surface area contributed by atoms with Crippen molar-refractivity contribution in [3.63, 3.8) is 0 Å². The van der Waals surface area contributed by atoms with Gasteiger partial charge in [0.15, 0.2) is 0 Å². The van der Waals surface area contributed by atoms with Crippen LogP contribution in [0, 0.1) is 6.92 Å². The van der Waals surface area contributed by atoms with Gasteiger partial charge < -0.3 is 4.74 Å². The standard InChI is InChI=1S/C20H18N2O/c1-15-3-11-19(21-13-15)20-12-8-17(14-22-20)5-4-16-6-9-18(23-2)10-7-16/h3-14H,1-2H3. The van der Waals surface area contributed by atoms with Gasteiger partial charge in [0.1, 0.15) is 5.75 Å². The number of ether oxygens (including phenoxy) is 1. The molecule has 0 atom stereocenters. The molecule has 0 bridgehead atoms. The molecule has 0 radical (unpaired) electrons. The monoisotopic (exact) mass is 302 g/mol. The molecule has 0 aliphatic carbocycles. The summed E-state index contributed by atoms with van der Waals surface area (Å²) in [5, 5.41) is 0. The largest absolute Gasteiger partial charge is 0.497 e. The van der Waals surface area contributed by atoms with Crippen molar-refractivity contribution < 1.29 is 4.74 Å². The van der Waals surface area contributed by atoms with E-state index >= 15 is 0 Å². The Bertz CT molecular complexity index is 789. The first kappa shape index (κ1) is 15.0. The van der Waals surface area contributed by atoms with Crippen LogP contribution in [-0.4, -0.2) is 17.1 Å². The summed E-state index contributed by atoms with van der Waals surface area (Å²) in [7, 11) is 1.67. The van der Waals surface area contributed by atoms with E-state index in [0.717, 1.165) is 33.8 Å². The zero-order valence-corrected chi connectivity index (χ0v) is 13.2. The van der Waals surface area contributed by atoms with Crippen molar-refractivity contribution >= 4 is 12.2 Å². The minimum Gasteiger partial charge on any atom is -0.497 e. The van der Waals surface area contributed by atoms with Crippen LogP contribution in [0.25, 0.3) is 23.5 Å². The molecule has 0 spiro atoms. The number of nitrogens with zero attached hydrogens (tertiary/aromatic N) is 2. The van der Waals surface area contributed by atoms with Crippen LogP contribution in [0.3, 0.4) is 0 Å². The average Bonchev–Trinajstić information content (AvgIpc) is 2.61. The van der Waals surface area contributed by atoms with Crippen molar-refractivity contribution in [3.05, 3.63) is 77.6 Å². The van der Waals surface area contributed by atoms with Gasteiger partial charge >= 0.3 is 0 Å². The molecule has 114 valence electrons. The first-order valence-corrected chi connectivity index (χ1v) is 7.46. The van der Waals surface area contributed by atoms with Crippen LogP contribution in [0.1, 0.15) is 16.7 Å². The Kier molecular flexibility index (Phi) is 4.48. The summed E-state index contributed by atoms with van der Waals surface area (Å²) in [4.78, 5) is 8.88. The first-order valence-electron chi connectivity index (χ1n) is 7.46. The van der Waals surface area contributed by atoms with E-state index in [-0.39, 0.29) is 0 Å². The predicted octanol–water partition coefficient (Wildman–Crippen LogP) is 4.63. The van der Waals surface area contributed by atoms with Crippen molar-refractivity contribution in [2.75, 3.05) is 7.11 Å². The summed E-state index contributed by atoms with van der Waals surface area (Å²) in [6.45, 7) is 2.03. The number of methoxy groups -OCH3 is 1. The molecule has 0 amide bonds. The van der Waals surface area contributed by atoms with E-state index in [9.17, 15) is 0 Å². The molecule has 1 aromatic carbocycles. The number of aromatic nitrogens is 2. The molecule has 0 aliphatic heterocycles. The average molecular weight is 302 g/mol. The minimum absolute atomic E-state index is 0.860. The van der Waals surface area contributed by atoms with Crippen LogP contribution in [0.2, 0.25) is 0 Å². The lowest BCUT2D eigenvalue weighted by Gasteiger charge is -2.01. The maximum atomic E-state index is 5.15. The molecule has 2 aromatic heterocycles. The van der Waals surface area contributed by atoms with E-state index in [1.165, 1.54) is 0 Å². The summed E-state index contributed by atoms with van der Waals surface area (Å²) in [6, 6.07) is 16.0. The number of hydrogen-bond donors (Lipinski definition) is 0. The van der Waals surface area contributed by atoms with E-state index in [0.29, 0.717) is 0 Å². The third-order valence-electron chi connectivity index (χ3n) is 3.54. The number of aryl methyl sites for hydroxylation is 1. The van der Waals surface area contributed by atoms with Gasteiger partial charge in [-0.25, -0.2) is 0 Å². The van der Waals surface area contributed by atoms with Crippen molar-refractivity contribution in [1.29, 1.82) is 0 Å². The maximum Gasteiger partial charge on any atom is 0.118 e. The Balaban J connectivity index is 1.73. The summed E-state index contributed by atoms with van der Waals surface area (Å²) in [6.07, 6.45) is 7.81. The summed E-state index contributed by atoms with van der Waals surface area (Å²) in [5.41, 5.74) is 5.09. The van der Waals surface area contributed by atoms with Gasteiger partial charge in [0.25, 0.3) is 0 Å². The minimum atomic E-state index is 0.860. The highest BCUT2D eigenvalue weighted by atomic mass is 16.5. The highest BCUT2D eigenvalue weighted by Crippen LogP contribution is 2.17. The molecule has 3 nitrogen and oxygen atoms in total. The lowest BCUT2D eigenvalue weighted by molar-refractivity contribution is 0.415. The van der Waals surface area contributed by atoms with Crippen LogP contribution in [-0.2, 0) is 0 Å². The lowest BCUT2D eigenvalue weighted by Crippen LogP contribution is -1.88. The van der Waals surface area contributed by atoms with Crippen molar-refractivity contribution in [3.8, 4) is 17.1 Å². The number of benzene rings is 1. The Labute approximate surface area is 136 Å². The van der Waals surface area contributed by atoms with Gasteiger partial charge in [-0.15, -0.1) is 0 Å². The van der Waals surface area contributed by atoms with E-state index in [2.05, 4.69) is 16.0 Å². The van der Waals surface area contributed by atoms with Crippen LogP contribution in [0.5, 0.6) is 5.75 Å². The maximum absolute atomic E-state index is 5.15. The molecule has 0 unspecified atom stereocenters. The molecule has 3 aromatic rings. The normalized spacial score (nSPS) is 10.9. The molecule has 0 saturated carbocycles. The second kappa shape index (κ2) is 6.88. The predicted molar refractivity (Wildman–Crippen MR) is 94.1 cm³/mol. The van der Waals surface area contributed by atoms with Crippen molar-refractivity contribution in [2.24, 2.45) is 0 Å². The summed E-state index contributed by atoms with van der Waals surface area (Å²) in [5.74, 6) is 0.860. The van der Waals surface area contributed by atoms with Crippen LogP contribution in [0.4, 0.5) is 0 Å². The zero-order valence-electron chi connectivity index (χ0n) is 13.2. The number of rotatable bonds is 4. The van der Waals surface area contributed by atoms with Crippen LogP contribution < -0.4 is 4.74 Å². The van der Waals surface area contributed by atoms with Crippen molar-refractivity contribution in [1.82, 2.24) is 9.97 Å². The third-order valence-corrected chi connectivity index (χ3v) is 3.54. The SMILES string of the molecule is COc1ccc(C=Cc2ccc(-c3ccc(C)cn3)nc2)cc1. The third kappa shape index (κ3) is 3.83. The number of pyridine rings is 2. The van der Waals surface area contributed by atoms with E-state index < -0.39 is 0 Å². The van der Waals surface area contributed by atoms with Gasteiger partial charge in [-0.1, -0.05) is 36.4 Å². The molecule has 0 aliphatic rings. The van der Waals surface area contributed by atoms with E-state index in [1.807, 2.05) is 73.9 Å².